The minimum atomic E-state index is -2.86. The maximum Gasteiger partial charge on any atom is 0.387 e. The van der Waals surface area contributed by atoms with E-state index in [1.807, 2.05) is 13.0 Å². The molecular formula is C18H17F2NO3. The Balaban J connectivity index is 1.98. The number of hydrogen-bond acceptors (Lipinski definition) is 3. The smallest absolute Gasteiger partial charge is 0.387 e. The van der Waals surface area contributed by atoms with Gasteiger partial charge in [0.05, 0.1) is 12.3 Å². The zero-order valence-corrected chi connectivity index (χ0v) is 13.0. The third-order valence-electron chi connectivity index (χ3n) is 2.98. The van der Waals surface area contributed by atoms with Gasteiger partial charge >= 0.3 is 6.61 Å². The number of hydrogen-bond donors (Lipinski definition) is 1. The predicted octanol–water partition coefficient (Wildman–Crippen LogP) is 4.34. The highest BCUT2D eigenvalue weighted by Gasteiger charge is 2.05. The molecular weight excluding hydrogens is 316 g/mol. The molecule has 0 spiro atoms. The summed E-state index contributed by atoms with van der Waals surface area (Å²) in [6.45, 7) is -0.502. The second-order valence-corrected chi connectivity index (χ2v) is 4.70. The normalized spacial score (nSPS) is 10.8. The highest BCUT2D eigenvalue weighted by Crippen LogP contribution is 2.23. The van der Waals surface area contributed by atoms with Crippen molar-refractivity contribution in [2.24, 2.45) is 0 Å². The number of anilines is 1. The number of nitrogens with one attached hydrogen (secondary N) is 1. The molecule has 0 saturated heterocycles. The molecule has 0 aromatic heterocycles. The number of amides is 1. The molecule has 0 unspecified atom stereocenters. The van der Waals surface area contributed by atoms with Crippen LogP contribution in [0.2, 0.25) is 0 Å². The number of carbonyl (C=O) groups excluding carboxylic acids is 1. The lowest BCUT2D eigenvalue weighted by molar-refractivity contribution is -0.111. The summed E-state index contributed by atoms with van der Waals surface area (Å²) in [5, 5.41) is 2.73. The number of halogens is 2. The lowest BCUT2D eigenvalue weighted by Crippen LogP contribution is -2.09. The van der Waals surface area contributed by atoms with Gasteiger partial charge in [0, 0.05) is 6.08 Å². The molecule has 24 heavy (non-hydrogen) atoms. The second-order valence-electron chi connectivity index (χ2n) is 4.70. The number of alkyl halides is 2. The van der Waals surface area contributed by atoms with Crippen molar-refractivity contribution in [2.45, 2.75) is 13.5 Å². The first-order valence-electron chi connectivity index (χ1n) is 7.34. The Kier molecular flexibility index (Phi) is 6.31. The van der Waals surface area contributed by atoms with Crippen molar-refractivity contribution in [1.29, 1.82) is 0 Å². The maximum atomic E-state index is 12.1. The van der Waals surface area contributed by atoms with Gasteiger partial charge in [-0.15, -0.1) is 0 Å². The molecule has 2 rings (SSSR count). The fraction of sp³-hybridized carbons (Fsp3) is 0.167. The molecule has 1 N–H and O–H groups in total. The Morgan fingerprint density at radius 3 is 2.54 bits per heavy atom. The summed E-state index contributed by atoms with van der Waals surface area (Å²) in [6, 6.07) is 13.1. The molecule has 0 aliphatic rings. The number of rotatable bonds is 7. The van der Waals surface area contributed by atoms with Crippen LogP contribution in [0.15, 0.2) is 54.6 Å². The Bertz CT molecular complexity index is 700. The van der Waals surface area contributed by atoms with E-state index in [4.69, 9.17) is 4.74 Å². The molecule has 0 saturated carbocycles. The van der Waals surface area contributed by atoms with E-state index in [1.165, 1.54) is 18.2 Å². The van der Waals surface area contributed by atoms with Gasteiger partial charge in [0.2, 0.25) is 5.91 Å². The lowest BCUT2D eigenvalue weighted by Gasteiger charge is -2.09. The van der Waals surface area contributed by atoms with Crippen LogP contribution in [0.25, 0.3) is 6.08 Å². The average molecular weight is 333 g/mol. The number of benzene rings is 2. The summed E-state index contributed by atoms with van der Waals surface area (Å²) < 4.78 is 33.8. The molecule has 2 aromatic carbocycles. The van der Waals surface area contributed by atoms with Gasteiger partial charge in [-0.3, -0.25) is 4.79 Å². The third-order valence-corrected chi connectivity index (χ3v) is 2.98. The topological polar surface area (TPSA) is 47.6 Å². The van der Waals surface area contributed by atoms with Crippen LogP contribution in [0.5, 0.6) is 11.5 Å². The van der Waals surface area contributed by atoms with E-state index in [-0.39, 0.29) is 11.7 Å². The lowest BCUT2D eigenvalue weighted by atomic mass is 10.2. The summed E-state index contributed by atoms with van der Waals surface area (Å²) >= 11 is 0. The van der Waals surface area contributed by atoms with E-state index >= 15 is 0 Å². The highest BCUT2D eigenvalue weighted by molar-refractivity contribution is 6.02. The summed E-state index contributed by atoms with van der Waals surface area (Å²) in [7, 11) is 0. The minimum Gasteiger partial charge on any atom is -0.492 e. The SMILES string of the molecule is CCOc1ccccc1NC(=O)/C=C/c1ccc(OC(F)F)cc1. The molecule has 2 aromatic rings. The standard InChI is InChI=1S/C18H17F2NO3/c1-2-23-16-6-4-3-5-15(16)21-17(22)12-9-13-7-10-14(11-8-13)24-18(19)20/h3-12,18H,2H2,1H3,(H,21,22)/b12-9+. The first-order valence-corrected chi connectivity index (χ1v) is 7.34. The molecule has 126 valence electrons. The zero-order chi connectivity index (χ0) is 17.4. The number of para-hydroxylation sites is 2. The van der Waals surface area contributed by atoms with Gasteiger partial charge < -0.3 is 14.8 Å². The van der Waals surface area contributed by atoms with Crippen LogP contribution in [0.3, 0.4) is 0 Å². The van der Waals surface area contributed by atoms with Gasteiger partial charge in [-0.2, -0.15) is 8.78 Å². The van der Waals surface area contributed by atoms with Gasteiger partial charge in [-0.05, 0) is 42.8 Å². The quantitative estimate of drug-likeness (QED) is 0.767. The van der Waals surface area contributed by atoms with Gasteiger partial charge in [0.25, 0.3) is 0 Å². The van der Waals surface area contributed by atoms with Crippen molar-refractivity contribution in [1.82, 2.24) is 0 Å². The summed E-state index contributed by atoms with van der Waals surface area (Å²) in [5.41, 5.74) is 1.26. The van der Waals surface area contributed by atoms with E-state index in [2.05, 4.69) is 10.1 Å². The van der Waals surface area contributed by atoms with Crippen LogP contribution in [0.1, 0.15) is 12.5 Å². The molecule has 0 atom stereocenters. The largest absolute Gasteiger partial charge is 0.492 e. The van der Waals surface area contributed by atoms with Crippen molar-refractivity contribution in [3.05, 3.63) is 60.2 Å². The van der Waals surface area contributed by atoms with Gasteiger partial charge in [0.15, 0.2) is 0 Å². The third kappa shape index (κ3) is 5.39. The zero-order valence-electron chi connectivity index (χ0n) is 13.0. The monoisotopic (exact) mass is 333 g/mol. The first-order chi connectivity index (χ1) is 11.6. The minimum absolute atomic E-state index is 0.0669. The van der Waals surface area contributed by atoms with Crippen LogP contribution in [0.4, 0.5) is 14.5 Å². The van der Waals surface area contributed by atoms with E-state index in [0.29, 0.717) is 23.6 Å². The van der Waals surface area contributed by atoms with Crippen molar-refractivity contribution in [3.8, 4) is 11.5 Å². The van der Waals surface area contributed by atoms with Crippen LogP contribution in [-0.4, -0.2) is 19.1 Å². The van der Waals surface area contributed by atoms with E-state index in [1.54, 1.807) is 36.4 Å². The van der Waals surface area contributed by atoms with Crippen molar-refractivity contribution >= 4 is 17.7 Å². The molecule has 0 aliphatic heterocycles. The summed E-state index contributed by atoms with van der Waals surface area (Å²) in [6.07, 6.45) is 2.93. The van der Waals surface area contributed by atoms with Crippen LogP contribution >= 0.6 is 0 Å². The van der Waals surface area contributed by atoms with Crippen molar-refractivity contribution in [2.75, 3.05) is 11.9 Å². The summed E-state index contributed by atoms with van der Waals surface area (Å²) in [5.74, 6) is 0.336. The molecule has 0 bridgehead atoms. The fourth-order valence-corrected chi connectivity index (χ4v) is 1.96. The Morgan fingerprint density at radius 2 is 1.88 bits per heavy atom. The van der Waals surface area contributed by atoms with Crippen LogP contribution in [0, 0.1) is 0 Å². The highest BCUT2D eigenvalue weighted by atomic mass is 19.3. The van der Waals surface area contributed by atoms with E-state index < -0.39 is 6.61 Å². The van der Waals surface area contributed by atoms with Crippen molar-refractivity contribution < 1.29 is 23.0 Å². The van der Waals surface area contributed by atoms with E-state index in [0.717, 1.165) is 0 Å². The molecule has 0 fully saturated rings. The predicted molar refractivity (Wildman–Crippen MR) is 88.3 cm³/mol. The summed E-state index contributed by atoms with van der Waals surface area (Å²) in [4.78, 5) is 12.0. The molecule has 4 nitrogen and oxygen atoms in total. The molecule has 0 radical (unpaired) electrons. The van der Waals surface area contributed by atoms with Crippen LogP contribution in [-0.2, 0) is 4.79 Å². The number of ether oxygens (including phenoxy) is 2. The molecule has 0 heterocycles. The average Bonchev–Trinajstić information content (AvgIpc) is 2.56. The maximum absolute atomic E-state index is 12.1. The van der Waals surface area contributed by atoms with Gasteiger partial charge in [-0.1, -0.05) is 24.3 Å². The Hall–Kier alpha value is -2.89. The second kappa shape index (κ2) is 8.67. The van der Waals surface area contributed by atoms with Crippen LogP contribution < -0.4 is 14.8 Å². The van der Waals surface area contributed by atoms with Gasteiger partial charge in [0.1, 0.15) is 11.5 Å². The molecule has 0 aliphatic carbocycles. The van der Waals surface area contributed by atoms with Crippen molar-refractivity contribution in [3.63, 3.8) is 0 Å². The Morgan fingerprint density at radius 1 is 1.17 bits per heavy atom. The molecule has 1 amide bonds. The Labute approximate surface area is 138 Å². The van der Waals surface area contributed by atoms with Gasteiger partial charge in [-0.25, -0.2) is 0 Å². The molecule has 6 heteroatoms. The fourth-order valence-electron chi connectivity index (χ4n) is 1.96. The van der Waals surface area contributed by atoms with E-state index in [9.17, 15) is 13.6 Å². The first kappa shape index (κ1) is 17.5. The number of carbonyl (C=O) groups is 1.